The van der Waals surface area contributed by atoms with Crippen molar-refractivity contribution in [2.45, 2.75) is 0 Å². The average Bonchev–Trinajstić information content (AvgIpc) is 3.04. The third-order valence-electron chi connectivity index (χ3n) is 2.22. The zero-order chi connectivity index (χ0) is 13.8. The molecule has 0 fully saturated rings. The topological polar surface area (TPSA) is 95.7 Å². The van der Waals surface area contributed by atoms with Crippen LogP contribution in [0.5, 0.6) is 0 Å². The minimum absolute atomic E-state index is 0.0765. The van der Waals surface area contributed by atoms with Crippen LogP contribution in [-0.4, -0.2) is 18.0 Å². The lowest BCUT2D eigenvalue weighted by atomic mass is 10.3. The van der Waals surface area contributed by atoms with Gasteiger partial charge >= 0.3 is 11.9 Å². The van der Waals surface area contributed by atoms with Gasteiger partial charge in [0.25, 0.3) is 0 Å². The maximum atomic E-state index is 11.1. The van der Waals surface area contributed by atoms with Crippen LogP contribution in [0.1, 0.15) is 22.1 Å². The molecule has 0 aliphatic rings. The van der Waals surface area contributed by atoms with E-state index < -0.39 is 10.9 Å². The highest BCUT2D eigenvalue weighted by Gasteiger charge is 2.11. The predicted octanol–water partition coefficient (Wildman–Crippen LogP) is 2.74. The summed E-state index contributed by atoms with van der Waals surface area (Å²) < 4.78 is 14.6. The van der Waals surface area contributed by atoms with E-state index in [4.69, 9.17) is 8.83 Å². The van der Waals surface area contributed by atoms with Gasteiger partial charge in [0.05, 0.1) is 13.2 Å². The standard InChI is InChI=1S/C12H9NO6/c1-17-12(14)10-6-4-8(18-10)2-3-9-5-7-11(19-9)13(15)16/h2-7H,1H3. The molecule has 0 atom stereocenters. The molecule has 0 unspecified atom stereocenters. The van der Waals surface area contributed by atoms with Gasteiger partial charge in [-0.25, -0.2) is 4.79 Å². The first kappa shape index (κ1) is 12.6. The van der Waals surface area contributed by atoms with Gasteiger partial charge in [-0.3, -0.25) is 10.1 Å². The average molecular weight is 263 g/mol. The Hall–Kier alpha value is -2.83. The normalized spacial score (nSPS) is 10.8. The van der Waals surface area contributed by atoms with E-state index in [1.165, 1.54) is 37.5 Å². The monoisotopic (exact) mass is 263 g/mol. The van der Waals surface area contributed by atoms with Gasteiger partial charge in [-0.05, 0) is 30.4 Å². The number of hydrogen-bond acceptors (Lipinski definition) is 6. The number of rotatable bonds is 4. The molecule has 2 aromatic heterocycles. The molecule has 0 aromatic carbocycles. The van der Waals surface area contributed by atoms with Crippen LogP contribution < -0.4 is 0 Å². The molecule has 7 nitrogen and oxygen atoms in total. The van der Waals surface area contributed by atoms with Gasteiger partial charge in [-0.2, -0.15) is 0 Å². The zero-order valence-corrected chi connectivity index (χ0v) is 9.86. The largest absolute Gasteiger partial charge is 0.463 e. The minimum atomic E-state index is -0.625. The summed E-state index contributed by atoms with van der Waals surface area (Å²) in [4.78, 5) is 20.9. The summed E-state index contributed by atoms with van der Waals surface area (Å²) >= 11 is 0. The molecular formula is C12H9NO6. The highest BCUT2D eigenvalue weighted by Crippen LogP contribution is 2.18. The molecule has 2 heterocycles. The van der Waals surface area contributed by atoms with E-state index in [9.17, 15) is 14.9 Å². The molecule has 98 valence electrons. The second kappa shape index (κ2) is 5.21. The molecule has 2 rings (SSSR count). The van der Waals surface area contributed by atoms with Crippen LogP contribution in [0.3, 0.4) is 0 Å². The Morgan fingerprint density at radius 2 is 1.84 bits per heavy atom. The molecule has 0 saturated carbocycles. The van der Waals surface area contributed by atoms with Gasteiger partial charge in [-0.1, -0.05) is 0 Å². The Morgan fingerprint density at radius 3 is 2.42 bits per heavy atom. The number of nitro groups is 1. The number of carbonyl (C=O) groups is 1. The Balaban J connectivity index is 2.11. The summed E-state index contributed by atoms with van der Waals surface area (Å²) in [5, 5.41) is 10.4. The van der Waals surface area contributed by atoms with Crippen molar-refractivity contribution in [3.8, 4) is 0 Å². The molecule has 0 saturated heterocycles. The van der Waals surface area contributed by atoms with E-state index in [0.717, 1.165) is 0 Å². The molecule has 2 aromatic rings. The van der Waals surface area contributed by atoms with Crippen molar-refractivity contribution in [1.29, 1.82) is 0 Å². The van der Waals surface area contributed by atoms with Crippen LogP contribution in [0, 0.1) is 10.1 Å². The lowest BCUT2D eigenvalue weighted by molar-refractivity contribution is -0.402. The number of ether oxygens (including phenoxy) is 1. The van der Waals surface area contributed by atoms with Crippen LogP contribution >= 0.6 is 0 Å². The van der Waals surface area contributed by atoms with Crippen molar-refractivity contribution in [3.05, 3.63) is 51.7 Å². The highest BCUT2D eigenvalue weighted by atomic mass is 16.6. The molecule has 0 N–H and O–H groups in total. The second-order valence-corrected chi connectivity index (χ2v) is 3.46. The molecule has 0 radical (unpaired) electrons. The lowest BCUT2D eigenvalue weighted by Crippen LogP contribution is -1.98. The van der Waals surface area contributed by atoms with Crippen molar-refractivity contribution in [1.82, 2.24) is 0 Å². The van der Waals surface area contributed by atoms with Crippen molar-refractivity contribution < 1.29 is 23.3 Å². The maximum absolute atomic E-state index is 11.1. The van der Waals surface area contributed by atoms with Gasteiger partial charge in [0.2, 0.25) is 5.76 Å². The van der Waals surface area contributed by atoms with Gasteiger partial charge in [0.1, 0.15) is 16.4 Å². The number of carbonyl (C=O) groups excluding carboxylic acids is 1. The van der Waals surface area contributed by atoms with Crippen molar-refractivity contribution in [2.24, 2.45) is 0 Å². The van der Waals surface area contributed by atoms with Crippen molar-refractivity contribution in [2.75, 3.05) is 7.11 Å². The number of methoxy groups -OCH3 is 1. The Morgan fingerprint density at radius 1 is 1.21 bits per heavy atom. The van der Waals surface area contributed by atoms with Crippen LogP contribution in [0.4, 0.5) is 5.88 Å². The van der Waals surface area contributed by atoms with E-state index >= 15 is 0 Å². The van der Waals surface area contributed by atoms with E-state index in [1.807, 2.05) is 0 Å². The van der Waals surface area contributed by atoms with Crippen LogP contribution in [-0.2, 0) is 4.74 Å². The summed E-state index contributed by atoms with van der Waals surface area (Å²) in [6.07, 6.45) is 3.02. The minimum Gasteiger partial charge on any atom is -0.463 e. The summed E-state index contributed by atoms with van der Waals surface area (Å²) in [6.45, 7) is 0. The van der Waals surface area contributed by atoms with E-state index in [1.54, 1.807) is 6.07 Å². The van der Waals surface area contributed by atoms with E-state index in [2.05, 4.69) is 4.74 Å². The number of nitrogens with zero attached hydrogens (tertiary/aromatic N) is 1. The van der Waals surface area contributed by atoms with Crippen LogP contribution in [0.2, 0.25) is 0 Å². The van der Waals surface area contributed by atoms with Gasteiger partial charge in [0, 0.05) is 0 Å². The molecule has 0 bridgehead atoms. The summed E-state index contributed by atoms with van der Waals surface area (Å²) in [5.41, 5.74) is 0. The predicted molar refractivity (Wildman–Crippen MR) is 64.3 cm³/mol. The summed E-state index contributed by atoms with van der Waals surface area (Å²) in [6, 6.07) is 5.75. The fraction of sp³-hybridized carbons (Fsp3) is 0.0833. The lowest BCUT2D eigenvalue weighted by Gasteiger charge is -1.91. The van der Waals surface area contributed by atoms with Gasteiger partial charge < -0.3 is 13.6 Å². The first-order valence-corrected chi connectivity index (χ1v) is 5.20. The molecule has 0 amide bonds. The Labute approximate surface area is 107 Å². The Bertz CT molecular complexity index is 636. The molecule has 19 heavy (non-hydrogen) atoms. The van der Waals surface area contributed by atoms with Crippen LogP contribution in [0.15, 0.2) is 33.1 Å². The third-order valence-corrected chi connectivity index (χ3v) is 2.22. The van der Waals surface area contributed by atoms with Crippen molar-refractivity contribution >= 4 is 24.0 Å². The smallest absolute Gasteiger partial charge is 0.433 e. The SMILES string of the molecule is COC(=O)c1ccc(C=Cc2ccc([N+](=O)[O-])o2)o1. The molecule has 0 aliphatic heterocycles. The number of hydrogen-bond donors (Lipinski definition) is 0. The summed E-state index contributed by atoms with van der Waals surface area (Å²) in [7, 11) is 1.25. The number of furan rings is 2. The highest BCUT2D eigenvalue weighted by molar-refractivity contribution is 5.86. The first-order valence-electron chi connectivity index (χ1n) is 5.20. The fourth-order valence-electron chi connectivity index (χ4n) is 1.35. The quantitative estimate of drug-likeness (QED) is 0.478. The van der Waals surface area contributed by atoms with E-state index in [0.29, 0.717) is 11.5 Å². The molecule has 0 aliphatic carbocycles. The Kier molecular flexibility index (Phi) is 3.46. The van der Waals surface area contributed by atoms with E-state index in [-0.39, 0.29) is 11.6 Å². The van der Waals surface area contributed by atoms with Crippen molar-refractivity contribution in [3.63, 3.8) is 0 Å². The van der Waals surface area contributed by atoms with Gasteiger partial charge in [-0.15, -0.1) is 0 Å². The molecule has 7 heteroatoms. The molecular weight excluding hydrogens is 254 g/mol. The second-order valence-electron chi connectivity index (χ2n) is 3.46. The van der Waals surface area contributed by atoms with Crippen LogP contribution in [0.25, 0.3) is 12.2 Å². The maximum Gasteiger partial charge on any atom is 0.433 e. The fourth-order valence-corrected chi connectivity index (χ4v) is 1.35. The zero-order valence-electron chi connectivity index (χ0n) is 9.86. The summed E-state index contributed by atoms with van der Waals surface area (Å²) in [5.74, 6) is -0.127. The van der Waals surface area contributed by atoms with Gasteiger partial charge in [0.15, 0.2) is 0 Å². The third kappa shape index (κ3) is 2.89. The number of esters is 1. The molecule has 0 spiro atoms. The first-order chi connectivity index (χ1) is 9.10.